The third-order valence-corrected chi connectivity index (χ3v) is 2.80. The molecule has 98 valence electrons. The summed E-state index contributed by atoms with van der Waals surface area (Å²) >= 11 is 5.36. The molecule has 0 saturated carbocycles. The molecular formula is C13H16ClNO3. The van der Waals surface area contributed by atoms with Crippen molar-refractivity contribution in [3.8, 4) is 5.75 Å². The van der Waals surface area contributed by atoms with Gasteiger partial charge in [-0.2, -0.15) is 0 Å². The quantitative estimate of drug-likeness (QED) is 0.803. The molecule has 0 aromatic heterocycles. The van der Waals surface area contributed by atoms with E-state index < -0.39 is 11.3 Å². The van der Waals surface area contributed by atoms with E-state index in [4.69, 9.17) is 16.3 Å². The fourth-order valence-electron chi connectivity index (χ4n) is 1.49. The van der Waals surface area contributed by atoms with Crippen molar-refractivity contribution in [2.45, 2.75) is 25.8 Å². The topological polar surface area (TPSA) is 55.4 Å². The van der Waals surface area contributed by atoms with Crippen LogP contribution >= 0.6 is 11.6 Å². The van der Waals surface area contributed by atoms with Crippen LogP contribution in [0.1, 0.15) is 18.9 Å². The summed E-state index contributed by atoms with van der Waals surface area (Å²) in [6.45, 7) is 1.79. The summed E-state index contributed by atoms with van der Waals surface area (Å²) in [6, 6.07) is 6.57. The Morgan fingerprint density at radius 2 is 1.94 bits per heavy atom. The van der Waals surface area contributed by atoms with Crippen molar-refractivity contribution in [2.24, 2.45) is 0 Å². The standard InChI is InChI=1S/C13H16ClNO3/c1-3-11(13(14)17)15-12(16)8-9-4-6-10(18-2)7-5-9/h4-7,11H,3,8H2,1-2H3,(H,15,16). The second-order valence-corrected chi connectivity index (χ2v) is 4.23. The van der Waals surface area contributed by atoms with E-state index in [-0.39, 0.29) is 12.3 Å². The molecule has 1 atom stereocenters. The Morgan fingerprint density at radius 1 is 1.33 bits per heavy atom. The van der Waals surface area contributed by atoms with E-state index >= 15 is 0 Å². The minimum atomic E-state index is -0.614. The summed E-state index contributed by atoms with van der Waals surface area (Å²) in [5, 5.41) is 2.05. The number of carbonyl (C=O) groups excluding carboxylic acids is 2. The Balaban J connectivity index is 2.55. The maximum atomic E-state index is 11.7. The van der Waals surface area contributed by atoms with Gasteiger partial charge in [-0.25, -0.2) is 0 Å². The van der Waals surface area contributed by atoms with Crippen LogP contribution < -0.4 is 10.1 Å². The Labute approximate surface area is 111 Å². The van der Waals surface area contributed by atoms with E-state index in [1.165, 1.54) is 0 Å². The Bertz CT molecular complexity index is 417. The normalized spacial score (nSPS) is 11.7. The summed E-state index contributed by atoms with van der Waals surface area (Å²) in [7, 11) is 1.58. The maximum Gasteiger partial charge on any atom is 0.243 e. The number of hydrogen-bond donors (Lipinski definition) is 1. The molecule has 1 aromatic rings. The molecule has 0 heterocycles. The highest BCUT2D eigenvalue weighted by atomic mass is 35.5. The Morgan fingerprint density at radius 3 is 2.39 bits per heavy atom. The van der Waals surface area contributed by atoms with Gasteiger partial charge in [-0.05, 0) is 35.7 Å². The van der Waals surface area contributed by atoms with E-state index in [0.29, 0.717) is 6.42 Å². The highest BCUT2D eigenvalue weighted by molar-refractivity contribution is 6.64. The van der Waals surface area contributed by atoms with E-state index in [9.17, 15) is 9.59 Å². The van der Waals surface area contributed by atoms with Crippen molar-refractivity contribution >= 4 is 22.8 Å². The molecule has 5 heteroatoms. The third-order valence-electron chi connectivity index (χ3n) is 2.54. The lowest BCUT2D eigenvalue weighted by atomic mass is 10.1. The van der Waals surface area contributed by atoms with Crippen LogP contribution in [0.15, 0.2) is 24.3 Å². The highest BCUT2D eigenvalue weighted by Crippen LogP contribution is 2.11. The van der Waals surface area contributed by atoms with Crippen LogP contribution in [-0.2, 0) is 16.0 Å². The number of ether oxygens (including phenoxy) is 1. The van der Waals surface area contributed by atoms with Gasteiger partial charge in [0.2, 0.25) is 11.1 Å². The van der Waals surface area contributed by atoms with Crippen molar-refractivity contribution in [1.29, 1.82) is 0 Å². The van der Waals surface area contributed by atoms with Crippen LogP contribution in [0.2, 0.25) is 0 Å². The number of rotatable bonds is 6. The van der Waals surface area contributed by atoms with Crippen LogP contribution in [0.4, 0.5) is 0 Å². The van der Waals surface area contributed by atoms with Gasteiger partial charge in [-0.15, -0.1) is 0 Å². The second-order valence-electron chi connectivity index (χ2n) is 3.86. The molecule has 0 aliphatic rings. The predicted molar refractivity (Wildman–Crippen MR) is 69.8 cm³/mol. The number of carbonyl (C=O) groups is 2. The zero-order chi connectivity index (χ0) is 13.5. The van der Waals surface area contributed by atoms with Gasteiger partial charge in [0, 0.05) is 0 Å². The van der Waals surface area contributed by atoms with E-state index in [1.807, 2.05) is 12.1 Å². The first-order valence-corrected chi connectivity index (χ1v) is 6.06. The molecule has 0 aliphatic carbocycles. The molecule has 0 saturated heterocycles. The largest absolute Gasteiger partial charge is 0.497 e. The molecule has 1 aromatic carbocycles. The number of nitrogens with one attached hydrogen (secondary N) is 1. The minimum Gasteiger partial charge on any atom is -0.497 e. The van der Waals surface area contributed by atoms with E-state index in [2.05, 4.69) is 5.32 Å². The first-order valence-electron chi connectivity index (χ1n) is 5.68. The number of amides is 1. The van der Waals surface area contributed by atoms with Gasteiger partial charge in [0.25, 0.3) is 0 Å². The van der Waals surface area contributed by atoms with Gasteiger partial charge in [-0.1, -0.05) is 19.1 Å². The fourth-order valence-corrected chi connectivity index (χ4v) is 1.70. The molecule has 1 rings (SSSR count). The lowest BCUT2D eigenvalue weighted by molar-refractivity contribution is -0.124. The van der Waals surface area contributed by atoms with Gasteiger partial charge in [0.05, 0.1) is 13.5 Å². The van der Waals surface area contributed by atoms with Crippen molar-refractivity contribution < 1.29 is 14.3 Å². The van der Waals surface area contributed by atoms with Gasteiger partial charge in [0.1, 0.15) is 11.8 Å². The van der Waals surface area contributed by atoms with Crippen LogP contribution in [0, 0.1) is 0 Å². The summed E-state index contributed by atoms with van der Waals surface area (Å²) in [5.74, 6) is 0.516. The molecule has 0 radical (unpaired) electrons. The molecule has 1 unspecified atom stereocenters. The first-order chi connectivity index (χ1) is 8.56. The van der Waals surface area contributed by atoms with Crippen molar-refractivity contribution in [3.63, 3.8) is 0 Å². The average Bonchev–Trinajstić information content (AvgIpc) is 2.36. The Kier molecular flexibility index (Phi) is 5.65. The lowest BCUT2D eigenvalue weighted by Crippen LogP contribution is -2.39. The van der Waals surface area contributed by atoms with Gasteiger partial charge in [0.15, 0.2) is 0 Å². The average molecular weight is 270 g/mol. The summed E-state index contributed by atoms with van der Waals surface area (Å²) in [5.41, 5.74) is 0.852. The molecule has 0 aliphatic heterocycles. The van der Waals surface area contributed by atoms with E-state index in [0.717, 1.165) is 11.3 Å². The summed E-state index contributed by atoms with van der Waals surface area (Å²) in [4.78, 5) is 22.7. The van der Waals surface area contributed by atoms with Crippen molar-refractivity contribution in [3.05, 3.63) is 29.8 Å². The monoisotopic (exact) mass is 269 g/mol. The molecule has 4 nitrogen and oxygen atoms in total. The SMILES string of the molecule is CCC(NC(=O)Cc1ccc(OC)cc1)C(=O)Cl. The summed E-state index contributed by atoms with van der Waals surface area (Å²) in [6.07, 6.45) is 0.696. The van der Waals surface area contributed by atoms with Crippen LogP contribution in [0.3, 0.4) is 0 Å². The number of benzene rings is 1. The third kappa shape index (κ3) is 4.37. The fraction of sp³-hybridized carbons (Fsp3) is 0.385. The van der Waals surface area contributed by atoms with Gasteiger partial charge < -0.3 is 10.1 Å². The molecule has 0 bridgehead atoms. The van der Waals surface area contributed by atoms with Crippen LogP contribution in [0.25, 0.3) is 0 Å². The van der Waals surface area contributed by atoms with E-state index in [1.54, 1.807) is 26.2 Å². The van der Waals surface area contributed by atoms with Gasteiger partial charge in [-0.3, -0.25) is 9.59 Å². The highest BCUT2D eigenvalue weighted by Gasteiger charge is 2.16. The smallest absolute Gasteiger partial charge is 0.243 e. The van der Waals surface area contributed by atoms with Crippen LogP contribution in [-0.4, -0.2) is 24.3 Å². The molecule has 1 amide bonds. The zero-order valence-corrected chi connectivity index (χ0v) is 11.2. The van der Waals surface area contributed by atoms with Crippen LogP contribution in [0.5, 0.6) is 5.75 Å². The summed E-state index contributed by atoms with van der Waals surface area (Å²) < 4.78 is 5.02. The first kappa shape index (κ1) is 14.5. The molecule has 0 fully saturated rings. The molecule has 1 N–H and O–H groups in total. The lowest BCUT2D eigenvalue weighted by Gasteiger charge is -2.12. The number of methoxy groups -OCH3 is 1. The number of hydrogen-bond acceptors (Lipinski definition) is 3. The Hall–Kier alpha value is -1.55. The zero-order valence-electron chi connectivity index (χ0n) is 10.4. The molecular weight excluding hydrogens is 254 g/mol. The second kappa shape index (κ2) is 7.01. The number of halogens is 1. The minimum absolute atomic E-state index is 0.213. The maximum absolute atomic E-state index is 11.7. The van der Waals surface area contributed by atoms with Crippen molar-refractivity contribution in [2.75, 3.05) is 7.11 Å². The van der Waals surface area contributed by atoms with Gasteiger partial charge >= 0.3 is 0 Å². The predicted octanol–water partition coefficient (Wildman–Crippen LogP) is 1.90. The molecule has 0 spiro atoms. The van der Waals surface area contributed by atoms with Crippen molar-refractivity contribution in [1.82, 2.24) is 5.32 Å². The molecule has 18 heavy (non-hydrogen) atoms.